The highest BCUT2D eigenvalue weighted by Crippen LogP contribution is 2.16. The van der Waals surface area contributed by atoms with Gasteiger partial charge in [0, 0.05) is 23.7 Å². The minimum absolute atomic E-state index is 0.0826. The largest absolute Gasteiger partial charge is 0.399 e. The van der Waals surface area contributed by atoms with Crippen molar-refractivity contribution in [1.29, 1.82) is 0 Å². The molecule has 2 unspecified atom stereocenters. The Labute approximate surface area is 111 Å². The molecule has 0 spiro atoms. The first-order chi connectivity index (χ1) is 8.51. The van der Waals surface area contributed by atoms with Crippen LogP contribution in [-0.2, 0) is 15.6 Å². The van der Waals surface area contributed by atoms with Crippen LogP contribution in [0.15, 0.2) is 29.2 Å². The molecule has 0 aliphatic rings. The number of anilines is 1. The quantitative estimate of drug-likeness (QED) is 0.826. The lowest BCUT2D eigenvalue weighted by molar-refractivity contribution is -0.129. The van der Waals surface area contributed by atoms with Crippen LogP contribution in [0.3, 0.4) is 0 Å². The fraction of sp³-hybridized carbons (Fsp3) is 0.462. The maximum Gasteiger partial charge on any atom is 0.238 e. The fourth-order valence-corrected chi connectivity index (χ4v) is 2.93. The standard InChI is InChI=1S/C13H20N2O2S/c1-4-15(5-2)13(16)10(3)18(17)12-8-6-7-11(14)9-12/h6-10H,4-5,14H2,1-3H3. The molecule has 0 saturated heterocycles. The van der Waals surface area contributed by atoms with E-state index in [9.17, 15) is 9.00 Å². The fourth-order valence-electron chi connectivity index (χ4n) is 1.73. The molecule has 0 heterocycles. The Morgan fingerprint density at radius 2 is 2.00 bits per heavy atom. The number of amides is 1. The van der Waals surface area contributed by atoms with Gasteiger partial charge in [0.05, 0.1) is 10.8 Å². The molecule has 4 nitrogen and oxygen atoms in total. The second-order valence-corrected chi connectivity index (χ2v) is 5.80. The zero-order valence-corrected chi connectivity index (χ0v) is 11.9. The Bertz CT molecular complexity index is 444. The number of benzene rings is 1. The van der Waals surface area contributed by atoms with Crippen molar-refractivity contribution in [2.75, 3.05) is 18.8 Å². The first-order valence-corrected chi connectivity index (χ1v) is 7.27. The molecule has 1 aromatic carbocycles. The number of carbonyl (C=O) groups excluding carboxylic acids is 1. The Balaban J connectivity index is 2.87. The topological polar surface area (TPSA) is 63.4 Å². The van der Waals surface area contributed by atoms with Gasteiger partial charge in [-0.1, -0.05) is 6.07 Å². The Hall–Kier alpha value is -1.36. The molecular formula is C13H20N2O2S. The van der Waals surface area contributed by atoms with Crippen LogP contribution < -0.4 is 5.73 Å². The predicted molar refractivity (Wildman–Crippen MR) is 74.7 cm³/mol. The summed E-state index contributed by atoms with van der Waals surface area (Å²) in [6, 6.07) is 6.87. The van der Waals surface area contributed by atoms with Crippen LogP contribution in [0.4, 0.5) is 5.69 Å². The van der Waals surface area contributed by atoms with Gasteiger partial charge in [-0.05, 0) is 39.0 Å². The smallest absolute Gasteiger partial charge is 0.238 e. The van der Waals surface area contributed by atoms with Crippen molar-refractivity contribution in [2.45, 2.75) is 30.9 Å². The molecule has 0 aliphatic carbocycles. The highest BCUT2D eigenvalue weighted by Gasteiger charge is 2.24. The van der Waals surface area contributed by atoms with E-state index in [1.807, 2.05) is 13.8 Å². The number of carbonyl (C=O) groups is 1. The van der Waals surface area contributed by atoms with Crippen molar-refractivity contribution in [3.8, 4) is 0 Å². The lowest BCUT2D eigenvalue weighted by atomic mass is 10.3. The van der Waals surface area contributed by atoms with Gasteiger partial charge in [-0.25, -0.2) is 0 Å². The summed E-state index contributed by atoms with van der Waals surface area (Å²) in [4.78, 5) is 14.4. The minimum atomic E-state index is -1.36. The van der Waals surface area contributed by atoms with E-state index in [1.165, 1.54) is 0 Å². The molecule has 0 saturated carbocycles. The minimum Gasteiger partial charge on any atom is -0.399 e. The summed E-state index contributed by atoms with van der Waals surface area (Å²) in [5.41, 5.74) is 6.21. The molecule has 18 heavy (non-hydrogen) atoms. The van der Waals surface area contributed by atoms with Gasteiger partial charge in [-0.15, -0.1) is 0 Å². The molecule has 100 valence electrons. The van der Waals surface area contributed by atoms with Crippen LogP contribution in [0.5, 0.6) is 0 Å². The highest BCUT2D eigenvalue weighted by molar-refractivity contribution is 7.86. The first-order valence-electron chi connectivity index (χ1n) is 6.06. The molecule has 2 atom stereocenters. The second kappa shape index (κ2) is 6.54. The molecular weight excluding hydrogens is 248 g/mol. The number of hydrogen-bond acceptors (Lipinski definition) is 3. The van der Waals surface area contributed by atoms with E-state index in [0.29, 0.717) is 23.7 Å². The molecule has 0 aromatic heterocycles. The average molecular weight is 268 g/mol. The Kier molecular flexibility index (Phi) is 5.34. The molecule has 5 heteroatoms. The van der Waals surface area contributed by atoms with E-state index in [-0.39, 0.29) is 5.91 Å². The molecule has 1 amide bonds. The third kappa shape index (κ3) is 3.32. The highest BCUT2D eigenvalue weighted by atomic mass is 32.2. The zero-order chi connectivity index (χ0) is 13.7. The average Bonchev–Trinajstić information content (AvgIpc) is 2.38. The van der Waals surface area contributed by atoms with Crippen LogP contribution in [0.25, 0.3) is 0 Å². The van der Waals surface area contributed by atoms with Crippen molar-refractivity contribution in [2.24, 2.45) is 0 Å². The maximum atomic E-state index is 12.3. The normalized spacial score (nSPS) is 13.9. The molecule has 0 bridgehead atoms. The summed E-state index contributed by atoms with van der Waals surface area (Å²) in [6.45, 7) is 6.79. The molecule has 1 aromatic rings. The van der Waals surface area contributed by atoms with Gasteiger partial charge in [0.25, 0.3) is 0 Å². The first kappa shape index (κ1) is 14.7. The molecule has 1 rings (SSSR count). The van der Waals surface area contributed by atoms with Crippen molar-refractivity contribution in [3.63, 3.8) is 0 Å². The van der Waals surface area contributed by atoms with Crippen molar-refractivity contribution in [1.82, 2.24) is 4.90 Å². The number of nitrogen functional groups attached to an aromatic ring is 1. The van der Waals surface area contributed by atoms with Crippen LogP contribution in [0, 0.1) is 0 Å². The SMILES string of the molecule is CCN(CC)C(=O)C(C)S(=O)c1cccc(N)c1. The third-order valence-electron chi connectivity index (χ3n) is 2.83. The summed E-state index contributed by atoms with van der Waals surface area (Å²) < 4.78 is 12.3. The van der Waals surface area contributed by atoms with Gasteiger partial charge in [-0.2, -0.15) is 0 Å². The predicted octanol–water partition coefficient (Wildman–Crippen LogP) is 1.63. The van der Waals surface area contributed by atoms with Crippen LogP contribution in [0.1, 0.15) is 20.8 Å². The summed E-state index contributed by atoms with van der Waals surface area (Å²) in [6.07, 6.45) is 0. The number of nitrogens with two attached hydrogens (primary N) is 1. The van der Waals surface area contributed by atoms with E-state index >= 15 is 0 Å². The van der Waals surface area contributed by atoms with Crippen LogP contribution in [-0.4, -0.2) is 33.4 Å². The zero-order valence-electron chi connectivity index (χ0n) is 11.1. The van der Waals surface area contributed by atoms with Crippen LogP contribution in [0.2, 0.25) is 0 Å². The van der Waals surface area contributed by atoms with Crippen molar-refractivity contribution < 1.29 is 9.00 Å². The summed E-state index contributed by atoms with van der Waals surface area (Å²) in [5.74, 6) is -0.0826. The summed E-state index contributed by atoms with van der Waals surface area (Å²) >= 11 is 0. The van der Waals surface area contributed by atoms with E-state index in [1.54, 1.807) is 36.1 Å². The van der Waals surface area contributed by atoms with Gasteiger partial charge in [0.1, 0.15) is 5.25 Å². The summed E-state index contributed by atoms with van der Waals surface area (Å²) in [7, 11) is -1.36. The maximum absolute atomic E-state index is 12.3. The van der Waals surface area contributed by atoms with Gasteiger partial charge < -0.3 is 10.6 Å². The van der Waals surface area contributed by atoms with Gasteiger partial charge >= 0.3 is 0 Å². The van der Waals surface area contributed by atoms with Gasteiger partial charge in [-0.3, -0.25) is 9.00 Å². The lowest BCUT2D eigenvalue weighted by Crippen LogP contribution is -2.39. The Morgan fingerprint density at radius 3 is 2.50 bits per heavy atom. The number of rotatable bonds is 5. The molecule has 0 radical (unpaired) electrons. The van der Waals surface area contributed by atoms with E-state index < -0.39 is 16.0 Å². The van der Waals surface area contributed by atoms with E-state index in [0.717, 1.165) is 0 Å². The molecule has 2 N–H and O–H groups in total. The van der Waals surface area contributed by atoms with E-state index in [4.69, 9.17) is 5.73 Å². The lowest BCUT2D eigenvalue weighted by Gasteiger charge is -2.22. The Morgan fingerprint density at radius 1 is 1.39 bits per heavy atom. The van der Waals surface area contributed by atoms with Crippen LogP contribution >= 0.6 is 0 Å². The number of nitrogens with zero attached hydrogens (tertiary/aromatic N) is 1. The summed E-state index contributed by atoms with van der Waals surface area (Å²) in [5, 5.41) is -0.549. The molecule has 0 aliphatic heterocycles. The van der Waals surface area contributed by atoms with Gasteiger partial charge in [0.15, 0.2) is 0 Å². The van der Waals surface area contributed by atoms with Crippen molar-refractivity contribution in [3.05, 3.63) is 24.3 Å². The number of hydrogen-bond donors (Lipinski definition) is 1. The van der Waals surface area contributed by atoms with Crippen molar-refractivity contribution >= 4 is 22.4 Å². The second-order valence-electron chi connectivity index (χ2n) is 4.02. The third-order valence-corrected chi connectivity index (χ3v) is 4.40. The molecule has 0 fully saturated rings. The monoisotopic (exact) mass is 268 g/mol. The van der Waals surface area contributed by atoms with Gasteiger partial charge in [0.2, 0.25) is 5.91 Å². The van der Waals surface area contributed by atoms with E-state index in [2.05, 4.69) is 0 Å².